The second-order valence-corrected chi connectivity index (χ2v) is 6.66. The highest BCUT2D eigenvalue weighted by Crippen LogP contribution is 2.42. The SMILES string of the molecule is FC(F)(F)c1cncc(-c2nc3ccc(-c4cc[nH]n4)cc3n2C2CC2)c1. The lowest BCUT2D eigenvalue weighted by Gasteiger charge is -2.10. The summed E-state index contributed by atoms with van der Waals surface area (Å²) in [4.78, 5) is 8.41. The van der Waals surface area contributed by atoms with E-state index < -0.39 is 11.7 Å². The fourth-order valence-corrected chi connectivity index (χ4v) is 3.30. The molecule has 1 saturated carbocycles. The summed E-state index contributed by atoms with van der Waals surface area (Å²) < 4.78 is 41.3. The van der Waals surface area contributed by atoms with Crippen LogP contribution in [-0.2, 0) is 6.18 Å². The van der Waals surface area contributed by atoms with Crippen molar-refractivity contribution in [2.75, 3.05) is 0 Å². The summed E-state index contributed by atoms with van der Waals surface area (Å²) in [5.41, 5.74) is 2.97. The highest BCUT2D eigenvalue weighted by atomic mass is 19.4. The average Bonchev–Trinajstić information content (AvgIpc) is 3.20. The second kappa shape index (κ2) is 5.67. The third-order valence-electron chi connectivity index (χ3n) is 4.72. The molecule has 0 radical (unpaired) electrons. The maximum Gasteiger partial charge on any atom is 0.417 e. The van der Waals surface area contributed by atoms with Crippen LogP contribution in [0.25, 0.3) is 33.7 Å². The fourth-order valence-electron chi connectivity index (χ4n) is 3.30. The van der Waals surface area contributed by atoms with E-state index in [0.717, 1.165) is 47.4 Å². The van der Waals surface area contributed by atoms with Crippen molar-refractivity contribution < 1.29 is 13.2 Å². The molecule has 1 aliphatic carbocycles. The van der Waals surface area contributed by atoms with Gasteiger partial charge in [0.25, 0.3) is 0 Å². The highest BCUT2D eigenvalue weighted by molar-refractivity contribution is 5.85. The molecule has 5 nitrogen and oxygen atoms in total. The number of nitrogens with one attached hydrogen (secondary N) is 1. The number of aromatic nitrogens is 5. The van der Waals surface area contributed by atoms with Crippen LogP contribution in [0, 0.1) is 0 Å². The molecule has 27 heavy (non-hydrogen) atoms. The molecule has 0 aliphatic heterocycles. The number of hydrogen-bond donors (Lipinski definition) is 1. The molecule has 1 N–H and O–H groups in total. The summed E-state index contributed by atoms with van der Waals surface area (Å²) >= 11 is 0. The van der Waals surface area contributed by atoms with Gasteiger partial charge in [-0.25, -0.2) is 4.98 Å². The van der Waals surface area contributed by atoms with E-state index in [1.807, 2.05) is 28.8 Å². The molecule has 3 heterocycles. The third kappa shape index (κ3) is 2.77. The van der Waals surface area contributed by atoms with Gasteiger partial charge >= 0.3 is 6.18 Å². The fraction of sp³-hybridized carbons (Fsp3) is 0.211. The zero-order valence-electron chi connectivity index (χ0n) is 14.0. The Hall–Kier alpha value is -3.16. The first kappa shape index (κ1) is 16.0. The van der Waals surface area contributed by atoms with Gasteiger partial charge in [0.05, 0.1) is 22.3 Å². The summed E-state index contributed by atoms with van der Waals surface area (Å²) in [5, 5.41) is 6.99. The van der Waals surface area contributed by atoms with Gasteiger partial charge in [-0.3, -0.25) is 10.1 Å². The van der Waals surface area contributed by atoms with Crippen LogP contribution in [0.15, 0.2) is 48.9 Å². The van der Waals surface area contributed by atoms with Gasteiger partial charge in [0.1, 0.15) is 5.82 Å². The number of H-pyrrole nitrogens is 1. The van der Waals surface area contributed by atoms with Crippen molar-refractivity contribution >= 4 is 11.0 Å². The number of pyridine rings is 1. The Balaban J connectivity index is 1.70. The van der Waals surface area contributed by atoms with Gasteiger partial charge in [-0.2, -0.15) is 18.3 Å². The van der Waals surface area contributed by atoms with Crippen LogP contribution in [0.2, 0.25) is 0 Å². The first-order valence-corrected chi connectivity index (χ1v) is 8.55. The third-order valence-corrected chi connectivity index (χ3v) is 4.72. The quantitative estimate of drug-likeness (QED) is 0.562. The van der Waals surface area contributed by atoms with Crippen LogP contribution >= 0.6 is 0 Å². The highest BCUT2D eigenvalue weighted by Gasteiger charge is 2.33. The van der Waals surface area contributed by atoms with Gasteiger partial charge in [-0.05, 0) is 37.1 Å². The minimum Gasteiger partial charge on any atom is -0.321 e. The Morgan fingerprint density at radius 1 is 1.04 bits per heavy atom. The Labute approximate surface area is 151 Å². The molecule has 1 aliphatic rings. The Morgan fingerprint density at radius 2 is 1.89 bits per heavy atom. The van der Waals surface area contributed by atoms with Gasteiger partial charge in [-0.1, -0.05) is 6.07 Å². The molecule has 5 rings (SSSR count). The van der Waals surface area contributed by atoms with E-state index in [1.165, 1.54) is 6.20 Å². The summed E-state index contributed by atoms with van der Waals surface area (Å²) in [7, 11) is 0. The lowest BCUT2D eigenvalue weighted by atomic mass is 10.1. The minimum absolute atomic E-state index is 0.244. The standard InChI is InChI=1S/C19H14F3N5/c20-19(21,22)13-7-12(9-23-10-13)18-25-16-4-1-11(15-5-6-24-26-15)8-17(16)27(18)14-2-3-14/h1,4-10,14H,2-3H2,(H,24,26). The predicted molar refractivity (Wildman–Crippen MR) is 93.8 cm³/mol. The number of imidazole rings is 1. The first-order valence-electron chi connectivity index (χ1n) is 8.55. The largest absolute Gasteiger partial charge is 0.417 e. The van der Waals surface area contributed by atoms with E-state index in [-0.39, 0.29) is 6.04 Å². The number of nitrogens with zero attached hydrogens (tertiary/aromatic N) is 4. The molecule has 0 saturated heterocycles. The van der Waals surface area contributed by atoms with Crippen LogP contribution in [-0.4, -0.2) is 24.7 Å². The van der Waals surface area contributed by atoms with Crippen LogP contribution in [0.4, 0.5) is 13.2 Å². The monoisotopic (exact) mass is 369 g/mol. The van der Waals surface area contributed by atoms with Crippen LogP contribution in [0.1, 0.15) is 24.4 Å². The van der Waals surface area contributed by atoms with Crippen molar-refractivity contribution in [2.45, 2.75) is 25.1 Å². The van der Waals surface area contributed by atoms with E-state index in [0.29, 0.717) is 11.4 Å². The molecule has 0 bridgehead atoms. The number of benzene rings is 1. The summed E-state index contributed by atoms with van der Waals surface area (Å²) in [6, 6.07) is 9.01. The van der Waals surface area contributed by atoms with Gasteiger partial charge in [0.15, 0.2) is 0 Å². The molecule has 0 unspecified atom stereocenters. The van der Waals surface area contributed by atoms with Gasteiger partial charge in [0, 0.05) is 35.8 Å². The van der Waals surface area contributed by atoms with Crippen LogP contribution in [0.3, 0.4) is 0 Å². The van der Waals surface area contributed by atoms with Crippen molar-refractivity contribution in [2.24, 2.45) is 0 Å². The van der Waals surface area contributed by atoms with Crippen molar-refractivity contribution in [3.63, 3.8) is 0 Å². The van der Waals surface area contributed by atoms with Crippen molar-refractivity contribution in [3.05, 3.63) is 54.5 Å². The molecule has 0 amide bonds. The van der Waals surface area contributed by atoms with E-state index >= 15 is 0 Å². The second-order valence-electron chi connectivity index (χ2n) is 6.66. The number of fused-ring (bicyclic) bond motifs is 1. The Kier molecular flexibility index (Phi) is 3.37. The van der Waals surface area contributed by atoms with Crippen molar-refractivity contribution in [1.29, 1.82) is 0 Å². The van der Waals surface area contributed by atoms with E-state index in [9.17, 15) is 13.2 Å². The van der Waals surface area contributed by atoms with E-state index in [2.05, 4.69) is 20.2 Å². The van der Waals surface area contributed by atoms with E-state index in [1.54, 1.807) is 6.20 Å². The molecular formula is C19H14F3N5. The number of aromatic amines is 1. The lowest BCUT2D eigenvalue weighted by Crippen LogP contribution is -2.06. The molecule has 0 atom stereocenters. The maximum absolute atomic E-state index is 13.1. The number of halogens is 3. The van der Waals surface area contributed by atoms with Crippen LogP contribution in [0.5, 0.6) is 0 Å². The molecule has 1 aromatic carbocycles. The Bertz CT molecular complexity index is 1120. The van der Waals surface area contributed by atoms with Crippen LogP contribution < -0.4 is 0 Å². The Morgan fingerprint density at radius 3 is 2.59 bits per heavy atom. The van der Waals surface area contributed by atoms with E-state index in [4.69, 9.17) is 0 Å². The average molecular weight is 369 g/mol. The van der Waals surface area contributed by atoms with Gasteiger partial charge < -0.3 is 4.57 Å². The molecule has 8 heteroatoms. The smallest absolute Gasteiger partial charge is 0.321 e. The molecule has 4 aromatic rings. The normalized spacial score (nSPS) is 14.8. The molecule has 0 spiro atoms. The number of hydrogen-bond acceptors (Lipinski definition) is 3. The molecule has 1 fully saturated rings. The molecule has 136 valence electrons. The first-order chi connectivity index (χ1) is 13.0. The summed E-state index contributed by atoms with van der Waals surface area (Å²) in [6.07, 6.45) is 1.55. The predicted octanol–water partition coefficient (Wildman–Crippen LogP) is 4.84. The maximum atomic E-state index is 13.1. The zero-order chi connectivity index (χ0) is 18.6. The van der Waals surface area contributed by atoms with Crippen molar-refractivity contribution in [1.82, 2.24) is 24.7 Å². The van der Waals surface area contributed by atoms with Gasteiger partial charge in [-0.15, -0.1) is 0 Å². The van der Waals surface area contributed by atoms with Crippen molar-refractivity contribution in [3.8, 4) is 22.6 Å². The number of rotatable bonds is 3. The molecular weight excluding hydrogens is 355 g/mol. The van der Waals surface area contributed by atoms with Gasteiger partial charge in [0.2, 0.25) is 0 Å². The zero-order valence-corrected chi connectivity index (χ0v) is 14.0. The minimum atomic E-state index is -4.44. The summed E-state index contributed by atoms with van der Waals surface area (Å²) in [6.45, 7) is 0. The lowest BCUT2D eigenvalue weighted by molar-refractivity contribution is -0.137. The topological polar surface area (TPSA) is 59.4 Å². The number of alkyl halides is 3. The molecule has 3 aromatic heterocycles. The summed E-state index contributed by atoms with van der Waals surface area (Å²) in [5.74, 6) is 0.519.